The van der Waals surface area contributed by atoms with Crippen LogP contribution in [0.5, 0.6) is 0 Å². The number of hydrogen-bond acceptors (Lipinski definition) is 4. The van der Waals surface area contributed by atoms with Gasteiger partial charge in [0.15, 0.2) is 5.84 Å². The first kappa shape index (κ1) is 25.3. The van der Waals surface area contributed by atoms with E-state index in [-0.39, 0.29) is 6.03 Å². The number of anilines is 3. The Hall–Kier alpha value is -3.80. The van der Waals surface area contributed by atoms with Crippen molar-refractivity contribution in [3.63, 3.8) is 0 Å². The van der Waals surface area contributed by atoms with E-state index < -0.39 is 11.1 Å². The van der Waals surface area contributed by atoms with Gasteiger partial charge < -0.3 is 4.90 Å². The van der Waals surface area contributed by atoms with E-state index in [0.29, 0.717) is 5.84 Å². The van der Waals surface area contributed by atoms with Crippen LogP contribution in [-0.4, -0.2) is 33.0 Å². The van der Waals surface area contributed by atoms with Gasteiger partial charge in [-0.05, 0) is 104 Å². The van der Waals surface area contributed by atoms with E-state index in [4.69, 9.17) is 5.10 Å². The fourth-order valence-electron chi connectivity index (χ4n) is 4.03. The molecule has 1 N–H and O–H groups in total. The van der Waals surface area contributed by atoms with Gasteiger partial charge in [0.2, 0.25) is 0 Å². The minimum Gasteiger partial charge on any atom is -0.311 e. The summed E-state index contributed by atoms with van der Waals surface area (Å²) in [5, 5.41) is 7.92. The molecular weight excluding hydrogens is 446 g/mol. The molecule has 0 atom stereocenters. The van der Waals surface area contributed by atoms with Crippen molar-refractivity contribution < 1.29 is 4.79 Å². The highest BCUT2D eigenvalue weighted by atomic mass is 16.2. The number of hydrogen-bond donors (Lipinski definition) is 1. The number of nitrogens with one attached hydrogen (secondary N) is 1. The molecule has 0 saturated carbocycles. The van der Waals surface area contributed by atoms with Gasteiger partial charge in [-0.1, -0.05) is 35.4 Å². The van der Waals surface area contributed by atoms with E-state index in [2.05, 4.69) is 84.8 Å². The molecule has 0 radical (unpaired) electrons. The molecule has 3 aromatic carbocycles. The maximum Gasteiger partial charge on any atom is 0.360 e. The maximum atomic E-state index is 13.2. The number of hydrazine groups is 1. The van der Waals surface area contributed by atoms with Crippen LogP contribution in [0.1, 0.15) is 58.2 Å². The molecule has 3 aromatic rings. The van der Waals surface area contributed by atoms with Crippen molar-refractivity contribution in [2.75, 3.05) is 4.90 Å². The van der Waals surface area contributed by atoms with Crippen molar-refractivity contribution in [3.8, 4) is 0 Å². The van der Waals surface area contributed by atoms with E-state index in [1.165, 1.54) is 11.1 Å². The van der Waals surface area contributed by atoms with E-state index >= 15 is 0 Å². The lowest BCUT2D eigenvalue weighted by Gasteiger charge is -2.45. The van der Waals surface area contributed by atoms with Gasteiger partial charge in [-0.25, -0.2) is 14.8 Å². The lowest BCUT2D eigenvalue weighted by atomic mass is 10.1. The molecule has 0 spiro atoms. The Kier molecular flexibility index (Phi) is 6.56. The number of aryl methyl sites for hydroxylation is 2. The highest BCUT2D eigenvalue weighted by Gasteiger charge is 2.40. The van der Waals surface area contributed by atoms with Crippen LogP contribution in [0.4, 0.5) is 21.9 Å². The number of amides is 2. The summed E-state index contributed by atoms with van der Waals surface area (Å²) in [5.74, 6) is 0.642. The maximum absolute atomic E-state index is 13.2. The lowest BCUT2D eigenvalue weighted by molar-refractivity contribution is 0.0535. The molecule has 1 aliphatic rings. The normalized spacial score (nSPS) is 14.4. The molecule has 2 amide bonds. The van der Waals surface area contributed by atoms with Gasteiger partial charge in [-0.15, -0.1) is 5.10 Å². The number of urea groups is 1. The van der Waals surface area contributed by atoms with Crippen molar-refractivity contribution in [1.29, 1.82) is 0 Å². The summed E-state index contributed by atoms with van der Waals surface area (Å²) in [6.45, 7) is 16.2. The third-order valence-corrected chi connectivity index (χ3v) is 6.08. The van der Waals surface area contributed by atoms with Crippen LogP contribution in [0.15, 0.2) is 77.9 Å². The number of carbonyl (C=O) groups is 1. The number of rotatable bonds is 4. The van der Waals surface area contributed by atoms with E-state index in [1.807, 2.05) is 53.7 Å². The Morgan fingerprint density at radius 2 is 1.08 bits per heavy atom. The molecule has 0 unspecified atom stereocenters. The smallest absolute Gasteiger partial charge is 0.311 e. The molecule has 0 fully saturated rings. The van der Waals surface area contributed by atoms with Crippen LogP contribution >= 0.6 is 0 Å². The van der Waals surface area contributed by atoms with E-state index in [0.717, 1.165) is 22.6 Å². The predicted octanol–water partition coefficient (Wildman–Crippen LogP) is 7.27. The summed E-state index contributed by atoms with van der Waals surface area (Å²) in [6, 6.07) is 25.2. The summed E-state index contributed by atoms with van der Waals surface area (Å²) in [7, 11) is 0. The minimum absolute atomic E-state index is 0.166. The molecule has 0 aromatic heterocycles. The van der Waals surface area contributed by atoms with Gasteiger partial charge in [0.25, 0.3) is 0 Å². The molecule has 1 aliphatic heterocycles. The van der Waals surface area contributed by atoms with Gasteiger partial charge in [-0.2, -0.15) is 0 Å². The minimum atomic E-state index is -0.457. The van der Waals surface area contributed by atoms with Crippen molar-refractivity contribution >= 4 is 28.9 Å². The fourth-order valence-corrected chi connectivity index (χ4v) is 4.03. The van der Waals surface area contributed by atoms with Crippen LogP contribution in [0.25, 0.3) is 0 Å². The SMILES string of the molecule is Cc1ccc(N(c2ccc(C)cc2)c2ccc(C3=NN(C(C)(C)C)C(=O)N(C(C)(C)C)N3)cc2)cc1. The van der Waals surface area contributed by atoms with Crippen molar-refractivity contribution in [2.24, 2.45) is 5.10 Å². The molecule has 4 rings (SSSR count). The summed E-state index contributed by atoms with van der Waals surface area (Å²) in [5.41, 5.74) is 8.96. The van der Waals surface area contributed by atoms with Gasteiger partial charge in [0.05, 0.1) is 11.1 Å². The zero-order valence-corrected chi connectivity index (χ0v) is 22.6. The molecule has 0 aliphatic carbocycles. The highest BCUT2D eigenvalue weighted by molar-refractivity contribution is 6.02. The number of benzene rings is 3. The third kappa shape index (κ3) is 5.23. The van der Waals surface area contributed by atoms with E-state index in [1.54, 1.807) is 10.0 Å². The average molecular weight is 484 g/mol. The van der Waals surface area contributed by atoms with Crippen LogP contribution in [0, 0.1) is 13.8 Å². The number of nitrogens with zero attached hydrogens (tertiary/aromatic N) is 4. The molecular formula is C30H37N5O. The molecule has 36 heavy (non-hydrogen) atoms. The molecule has 1 heterocycles. The fraction of sp³-hybridized carbons (Fsp3) is 0.333. The zero-order valence-electron chi connectivity index (χ0n) is 22.6. The van der Waals surface area contributed by atoms with Crippen LogP contribution in [0.3, 0.4) is 0 Å². The Morgan fingerprint density at radius 1 is 0.667 bits per heavy atom. The molecule has 6 nitrogen and oxygen atoms in total. The first-order chi connectivity index (χ1) is 16.8. The Balaban J connectivity index is 1.74. The van der Waals surface area contributed by atoms with Crippen molar-refractivity contribution in [2.45, 2.75) is 66.5 Å². The van der Waals surface area contributed by atoms with Crippen LogP contribution in [-0.2, 0) is 0 Å². The van der Waals surface area contributed by atoms with Gasteiger partial charge in [0, 0.05) is 22.6 Å². The molecule has 0 bridgehead atoms. The largest absolute Gasteiger partial charge is 0.360 e. The third-order valence-electron chi connectivity index (χ3n) is 6.08. The molecule has 0 saturated heterocycles. The quantitative estimate of drug-likeness (QED) is 0.424. The molecule has 188 valence electrons. The summed E-state index contributed by atoms with van der Waals surface area (Å²) in [4.78, 5) is 15.4. The summed E-state index contributed by atoms with van der Waals surface area (Å²) in [6.07, 6.45) is 0. The second-order valence-corrected chi connectivity index (χ2v) is 11.4. The Morgan fingerprint density at radius 3 is 1.47 bits per heavy atom. The predicted molar refractivity (Wildman–Crippen MR) is 149 cm³/mol. The van der Waals surface area contributed by atoms with Crippen molar-refractivity contribution in [1.82, 2.24) is 15.4 Å². The van der Waals surface area contributed by atoms with Crippen LogP contribution in [0.2, 0.25) is 0 Å². The second kappa shape index (κ2) is 9.34. The lowest BCUT2D eigenvalue weighted by Crippen LogP contribution is -2.65. The monoisotopic (exact) mass is 483 g/mol. The van der Waals surface area contributed by atoms with Crippen LogP contribution < -0.4 is 10.3 Å². The zero-order chi connectivity index (χ0) is 26.3. The topological polar surface area (TPSA) is 51.2 Å². The summed E-state index contributed by atoms with van der Waals surface area (Å²) >= 11 is 0. The van der Waals surface area contributed by atoms with Gasteiger partial charge >= 0.3 is 6.03 Å². The second-order valence-electron chi connectivity index (χ2n) is 11.4. The Bertz CT molecular complexity index is 1200. The summed E-state index contributed by atoms with van der Waals surface area (Å²) < 4.78 is 0. The van der Waals surface area contributed by atoms with Gasteiger partial charge in [0.1, 0.15) is 0 Å². The number of amidine groups is 1. The first-order valence-corrected chi connectivity index (χ1v) is 12.4. The van der Waals surface area contributed by atoms with Crippen molar-refractivity contribution in [3.05, 3.63) is 89.5 Å². The van der Waals surface area contributed by atoms with E-state index in [9.17, 15) is 4.79 Å². The number of carbonyl (C=O) groups excluding carboxylic acids is 1. The Labute approximate surface area is 215 Å². The van der Waals surface area contributed by atoms with Gasteiger partial charge in [-0.3, -0.25) is 5.43 Å². The first-order valence-electron chi connectivity index (χ1n) is 12.4. The number of hydrazone groups is 1. The highest BCUT2D eigenvalue weighted by Crippen LogP contribution is 2.35. The average Bonchev–Trinajstić information content (AvgIpc) is 2.81. The standard InChI is InChI=1S/C30H37N5O/c1-21-9-15-24(16-10-21)33(25-17-11-22(2)12-18-25)26-19-13-23(14-20-26)27-31-34(29(3,4)5)28(36)35(32-27)30(6,7)8/h9-20H,1-8H3,(H,31,32). The molecule has 6 heteroatoms.